The van der Waals surface area contributed by atoms with Gasteiger partial charge in [-0.15, -0.1) is 0 Å². The first-order valence-corrected chi connectivity index (χ1v) is 7.65. The van der Waals surface area contributed by atoms with E-state index in [0.717, 1.165) is 26.1 Å². The first-order valence-electron chi connectivity index (χ1n) is 7.65. The van der Waals surface area contributed by atoms with Crippen LogP contribution in [0.2, 0.25) is 0 Å². The van der Waals surface area contributed by atoms with Gasteiger partial charge in [0.1, 0.15) is 0 Å². The zero-order chi connectivity index (χ0) is 15.7. The summed E-state index contributed by atoms with van der Waals surface area (Å²) in [6.07, 6.45) is 1.34. The fraction of sp³-hybridized carbons (Fsp3) is 0.857. The number of likely N-dealkylation sites (N-methyl/N-ethyl adjacent to an activating group) is 1. The lowest BCUT2D eigenvalue weighted by Gasteiger charge is -2.32. The Balaban J connectivity index is 2.22. The maximum Gasteiger partial charge on any atom is 0.314 e. The number of hydrogen-bond donors (Lipinski definition) is 3. The number of nitrogens with one attached hydrogen (secondary N) is 2. The molecule has 0 aromatic heterocycles. The van der Waals surface area contributed by atoms with Crippen molar-refractivity contribution in [2.24, 2.45) is 5.92 Å². The van der Waals surface area contributed by atoms with E-state index in [4.69, 9.17) is 9.84 Å². The second kappa shape index (κ2) is 9.57. The number of aliphatic carboxylic acids is 1. The van der Waals surface area contributed by atoms with Crippen molar-refractivity contribution in [3.8, 4) is 0 Å². The van der Waals surface area contributed by atoms with Crippen LogP contribution in [0.5, 0.6) is 0 Å². The first-order chi connectivity index (χ1) is 10.1. The normalized spacial score (nSPS) is 20.8. The van der Waals surface area contributed by atoms with Crippen LogP contribution in [-0.2, 0) is 9.53 Å². The third-order valence-electron chi connectivity index (χ3n) is 3.66. The van der Waals surface area contributed by atoms with E-state index >= 15 is 0 Å². The summed E-state index contributed by atoms with van der Waals surface area (Å²) in [6.45, 7) is 8.01. The predicted octanol–water partition coefficient (Wildman–Crippen LogP) is 0.507. The second-order valence-electron chi connectivity index (χ2n) is 5.30. The van der Waals surface area contributed by atoms with E-state index in [1.165, 1.54) is 0 Å². The van der Waals surface area contributed by atoms with Gasteiger partial charge in [0.25, 0.3) is 0 Å². The number of urea groups is 1. The first kappa shape index (κ1) is 17.7. The highest BCUT2D eigenvalue weighted by Gasteiger charge is 2.20. The van der Waals surface area contributed by atoms with Crippen LogP contribution in [0.4, 0.5) is 4.79 Å². The Hall–Kier alpha value is -1.34. The van der Waals surface area contributed by atoms with Crippen molar-refractivity contribution < 1.29 is 19.4 Å². The molecular weight excluding hydrogens is 274 g/mol. The van der Waals surface area contributed by atoms with Gasteiger partial charge in [-0.25, -0.2) is 4.79 Å². The molecule has 1 aliphatic rings. The van der Waals surface area contributed by atoms with Gasteiger partial charge in [-0.1, -0.05) is 20.3 Å². The number of amides is 2. The summed E-state index contributed by atoms with van der Waals surface area (Å²) in [6, 6.07) is -0.338. The van der Waals surface area contributed by atoms with Crippen LogP contribution in [-0.4, -0.2) is 67.4 Å². The quantitative estimate of drug-likeness (QED) is 0.607. The van der Waals surface area contributed by atoms with Crippen LogP contribution in [0, 0.1) is 5.92 Å². The second-order valence-corrected chi connectivity index (χ2v) is 5.30. The highest BCUT2D eigenvalue weighted by molar-refractivity contribution is 5.75. The van der Waals surface area contributed by atoms with Crippen molar-refractivity contribution in [2.45, 2.75) is 32.8 Å². The number of hydrogen-bond acceptors (Lipinski definition) is 4. The van der Waals surface area contributed by atoms with Crippen LogP contribution in [0.1, 0.15) is 26.7 Å². The Morgan fingerprint density at radius 1 is 1.38 bits per heavy atom. The molecule has 0 radical (unpaired) electrons. The molecule has 3 N–H and O–H groups in total. The molecule has 0 aliphatic carbocycles. The van der Waals surface area contributed by atoms with Crippen molar-refractivity contribution in [3.63, 3.8) is 0 Å². The molecule has 1 fully saturated rings. The van der Waals surface area contributed by atoms with E-state index in [0.29, 0.717) is 19.6 Å². The van der Waals surface area contributed by atoms with Crippen LogP contribution in [0.25, 0.3) is 0 Å². The molecule has 7 nitrogen and oxygen atoms in total. The minimum absolute atomic E-state index is 0.00429. The Bertz CT molecular complexity index is 338. The molecule has 21 heavy (non-hydrogen) atoms. The standard InChI is InChI=1S/C14H27N3O4/c1-3-5-11(13(18)19)8-15-14(20)16-9-12-10-17(4-2)6-7-21-12/h11-12H,3-10H2,1-2H3,(H,18,19)(H2,15,16,20). The van der Waals surface area contributed by atoms with Crippen molar-refractivity contribution in [2.75, 3.05) is 39.3 Å². The molecule has 7 heteroatoms. The van der Waals surface area contributed by atoms with Gasteiger partial charge in [-0.05, 0) is 13.0 Å². The average molecular weight is 301 g/mol. The maximum absolute atomic E-state index is 11.7. The molecular formula is C14H27N3O4. The van der Waals surface area contributed by atoms with E-state index in [-0.39, 0.29) is 18.7 Å². The molecule has 1 rings (SSSR count). The highest BCUT2D eigenvalue weighted by Crippen LogP contribution is 2.05. The minimum Gasteiger partial charge on any atom is -0.481 e. The fourth-order valence-corrected chi connectivity index (χ4v) is 2.34. The van der Waals surface area contributed by atoms with E-state index in [2.05, 4.69) is 22.5 Å². The largest absolute Gasteiger partial charge is 0.481 e. The molecule has 1 heterocycles. The van der Waals surface area contributed by atoms with Crippen molar-refractivity contribution >= 4 is 12.0 Å². The zero-order valence-electron chi connectivity index (χ0n) is 12.9. The van der Waals surface area contributed by atoms with Crippen molar-refractivity contribution in [1.82, 2.24) is 15.5 Å². The molecule has 1 saturated heterocycles. The summed E-state index contributed by atoms with van der Waals surface area (Å²) in [5.74, 6) is -1.39. The topological polar surface area (TPSA) is 90.9 Å². The number of ether oxygens (including phenoxy) is 1. The summed E-state index contributed by atoms with van der Waals surface area (Å²) in [4.78, 5) is 24.9. The predicted molar refractivity (Wildman–Crippen MR) is 79.3 cm³/mol. The summed E-state index contributed by atoms with van der Waals surface area (Å²) < 4.78 is 5.58. The summed E-state index contributed by atoms with van der Waals surface area (Å²) >= 11 is 0. The van der Waals surface area contributed by atoms with Crippen molar-refractivity contribution in [1.29, 1.82) is 0 Å². The summed E-state index contributed by atoms with van der Waals surface area (Å²) in [5.41, 5.74) is 0. The van der Waals surface area contributed by atoms with Gasteiger partial charge in [-0.3, -0.25) is 9.69 Å². The molecule has 0 bridgehead atoms. The van der Waals surface area contributed by atoms with Crippen LogP contribution in [0.3, 0.4) is 0 Å². The molecule has 122 valence electrons. The minimum atomic E-state index is -0.869. The Kier molecular flexibility index (Phi) is 8.07. The molecule has 0 spiro atoms. The van der Waals surface area contributed by atoms with Gasteiger partial charge in [0.05, 0.1) is 18.6 Å². The van der Waals surface area contributed by atoms with E-state index < -0.39 is 11.9 Å². The summed E-state index contributed by atoms with van der Waals surface area (Å²) in [5, 5.41) is 14.4. The van der Waals surface area contributed by atoms with E-state index in [1.807, 2.05) is 6.92 Å². The van der Waals surface area contributed by atoms with Gasteiger partial charge in [0, 0.05) is 26.2 Å². The third-order valence-corrected chi connectivity index (χ3v) is 3.66. The molecule has 2 unspecified atom stereocenters. The SMILES string of the molecule is CCCC(CNC(=O)NCC1CN(CC)CCO1)C(=O)O. The number of morpholine rings is 1. The van der Waals surface area contributed by atoms with Gasteiger partial charge >= 0.3 is 12.0 Å². The molecule has 0 aromatic rings. The number of carbonyl (C=O) groups is 2. The highest BCUT2D eigenvalue weighted by atomic mass is 16.5. The third kappa shape index (κ3) is 6.77. The Morgan fingerprint density at radius 3 is 2.76 bits per heavy atom. The monoisotopic (exact) mass is 301 g/mol. The maximum atomic E-state index is 11.7. The molecule has 2 amide bonds. The molecule has 2 atom stereocenters. The van der Waals surface area contributed by atoms with Crippen LogP contribution < -0.4 is 10.6 Å². The van der Waals surface area contributed by atoms with Crippen LogP contribution in [0.15, 0.2) is 0 Å². The Labute approximate surface area is 126 Å². The van der Waals surface area contributed by atoms with Gasteiger partial charge in [0.2, 0.25) is 0 Å². The van der Waals surface area contributed by atoms with Gasteiger partial charge in [-0.2, -0.15) is 0 Å². The zero-order valence-corrected chi connectivity index (χ0v) is 12.9. The summed E-state index contributed by atoms with van der Waals surface area (Å²) in [7, 11) is 0. The molecule has 0 aromatic carbocycles. The van der Waals surface area contributed by atoms with Gasteiger partial charge in [0.15, 0.2) is 0 Å². The van der Waals surface area contributed by atoms with Crippen molar-refractivity contribution in [3.05, 3.63) is 0 Å². The van der Waals surface area contributed by atoms with Crippen LogP contribution >= 0.6 is 0 Å². The number of carboxylic acids is 1. The lowest BCUT2D eigenvalue weighted by Crippen LogP contribution is -2.49. The van der Waals surface area contributed by atoms with E-state index in [9.17, 15) is 9.59 Å². The number of carbonyl (C=O) groups excluding carboxylic acids is 1. The number of carboxylic acid groups (broad SMARTS) is 1. The fourth-order valence-electron chi connectivity index (χ4n) is 2.34. The van der Waals surface area contributed by atoms with Gasteiger partial charge < -0.3 is 20.5 Å². The molecule has 0 saturated carbocycles. The molecule has 1 aliphatic heterocycles. The lowest BCUT2D eigenvalue weighted by molar-refractivity contribution is -0.141. The smallest absolute Gasteiger partial charge is 0.314 e. The average Bonchev–Trinajstić information content (AvgIpc) is 2.49. The number of nitrogens with zero attached hydrogens (tertiary/aromatic N) is 1. The van der Waals surface area contributed by atoms with E-state index in [1.54, 1.807) is 0 Å². The number of rotatable bonds is 8. The Morgan fingerprint density at radius 2 is 2.14 bits per heavy atom. The lowest BCUT2D eigenvalue weighted by atomic mass is 10.0.